The van der Waals surface area contributed by atoms with Crippen LogP contribution in [-0.2, 0) is 11.3 Å². The van der Waals surface area contributed by atoms with Crippen LogP contribution in [0, 0.1) is 5.92 Å². The molecule has 1 aliphatic heterocycles. The van der Waals surface area contributed by atoms with Crippen molar-refractivity contribution in [3.63, 3.8) is 0 Å². The number of carbonyl (C=O) groups is 2. The van der Waals surface area contributed by atoms with Gasteiger partial charge in [0, 0.05) is 31.0 Å². The molecule has 1 aromatic carbocycles. The molecule has 0 saturated carbocycles. The van der Waals surface area contributed by atoms with Gasteiger partial charge in [-0.15, -0.1) is 0 Å². The molecule has 1 atom stereocenters. The second kappa shape index (κ2) is 7.47. The minimum absolute atomic E-state index is 0.108. The summed E-state index contributed by atoms with van der Waals surface area (Å²) in [4.78, 5) is 31.4. The number of hydrogen-bond acceptors (Lipinski definition) is 3. The molecule has 0 bridgehead atoms. The Morgan fingerprint density at radius 1 is 1.24 bits per heavy atom. The molecule has 2 amide bonds. The van der Waals surface area contributed by atoms with Crippen LogP contribution in [0.25, 0.3) is 0 Å². The zero-order valence-corrected chi connectivity index (χ0v) is 14.6. The van der Waals surface area contributed by atoms with Gasteiger partial charge >= 0.3 is 0 Å². The van der Waals surface area contributed by atoms with E-state index in [1.54, 1.807) is 23.4 Å². The monoisotopic (exact) mass is 337 g/mol. The summed E-state index contributed by atoms with van der Waals surface area (Å²) in [6.45, 7) is 5.22. The SMILES string of the molecule is CC(C)CCNC(=O)C1c2ccccc2C(=O)N1Cc1cccnc1. The molecular formula is C20H23N3O2. The molecule has 130 valence electrons. The Morgan fingerprint density at radius 3 is 2.76 bits per heavy atom. The molecule has 3 rings (SSSR count). The van der Waals surface area contributed by atoms with Gasteiger partial charge in [0.1, 0.15) is 6.04 Å². The fourth-order valence-corrected chi connectivity index (χ4v) is 3.09. The van der Waals surface area contributed by atoms with Crippen LogP contribution in [0.5, 0.6) is 0 Å². The predicted molar refractivity (Wildman–Crippen MR) is 95.8 cm³/mol. The van der Waals surface area contributed by atoms with Crippen molar-refractivity contribution < 1.29 is 9.59 Å². The summed E-state index contributed by atoms with van der Waals surface area (Å²) in [7, 11) is 0. The van der Waals surface area contributed by atoms with E-state index in [1.165, 1.54) is 0 Å². The number of pyridine rings is 1. The number of hydrogen-bond donors (Lipinski definition) is 1. The van der Waals surface area contributed by atoms with Crippen LogP contribution in [0.4, 0.5) is 0 Å². The van der Waals surface area contributed by atoms with Gasteiger partial charge in [-0.3, -0.25) is 14.6 Å². The lowest BCUT2D eigenvalue weighted by atomic mass is 10.0. The molecule has 0 spiro atoms. The van der Waals surface area contributed by atoms with Gasteiger partial charge in [0.05, 0.1) is 0 Å². The summed E-state index contributed by atoms with van der Waals surface area (Å²) < 4.78 is 0. The Hall–Kier alpha value is -2.69. The van der Waals surface area contributed by atoms with Crippen molar-refractivity contribution in [3.8, 4) is 0 Å². The number of amides is 2. The number of aromatic nitrogens is 1. The largest absolute Gasteiger partial charge is 0.354 e. The third kappa shape index (κ3) is 3.71. The van der Waals surface area contributed by atoms with Gasteiger partial charge in [0.15, 0.2) is 0 Å². The molecule has 0 aliphatic carbocycles. The highest BCUT2D eigenvalue weighted by molar-refractivity contribution is 6.04. The van der Waals surface area contributed by atoms with Crippen molar-refractivity contribution >= 4 is 11.8 Å². The average molecular weight is 337 g/mol. The molecule has 25 heavy (non-hydrogen) atoms. The first-order valence-corrected chi connectivity index (χ1v) is 8.64. The smallest absolute Gasteiger partial charge is 0.255 e. The molecular weight excluding hydrogens is 314 g/mol. The first-order chi connectivity index (χ1) is 12.1. The fraction of sp³-hybridized carbons (Fsp3) is 0.350. The van der Waals surface area contributed by atoms with Crippen molar-refractivity contribution in [2.45, 2.75) is 32.9 Å². The van der Waals surface area contributed by atoms with Gasteiger partial charge in [-0.1, -0.05) is 38.1 Å². The third-order valence-electron chi connectivity index (χ3n) is 4.40. The van der Waals surface area contributed by atoms with Crippen molar-refractivity contribution in [2.24, 2.45) is 5.92 Å². The van der Waals surface area contributed by atoms with Gasteiger partial charge in [-0.2, -0.15) is 0 Å². The summed E-state index contributed by atoms with van der Waals surface area (Å²) in [5, 5.41) is 2.98. The van der Waals surface area contributed by atoms with Crippen molar-refractivity contribution in [1.29, 1.82) is 0 Å². The van der Waals surface area contributed by atoms with E-state index in [-0.39, 0.29) is 11.8 Å². The normalized spacial score (nSPS) is 16.2. The van der Waals surface area contributed by atoms with E-state index in [2.05, 4.69) is 24.1 Å². The molecule has 1 aliphatic rings. The van der Waals surface area contributed by atoms with Gasteiger partial charge in [0.25, 0.3) is 5.91 Å². The van der Waals surface area contributed by atoms with E-state index in [0.717, 1.165) is 17.5 Å². The van der Waals surface area contributed by atoms with E-state index >= 15 is 0 Å². The van der Waals surface area contributed by atoms with Crippen LogP contribution in [0.3, 0.4) is 0 Å². The Bertz CT molecular complexity index is 759. The Labute approximate surface area is 148 Å². The first kappa shape index (κ1) is 17.1. The van der Waals surface area contributed by atoms with Crippen LogP contribution < -0.4 is 5.32 Å². The maximum absolute atomic E-state index is 12.8. The highest BCUT2D eigenvalue weighted by Crippen LogP contribution is 2.34. The van der Waals surface area contributed by atoms with Crippen LogP contribution in [0.2, 0.25) is 0 Å². The number of nitrogens with one attached hydrogen (secondary N) is 1. The highest BCUT2D eigenvalue weighted by Gasteiger charge is 2.40. The first-order valence-electron chi connectivity index (χ1n) is 8.64. The summed E-state index contributed by atoms with van der Waals surface area (Å²) in [5.41, 5.74) is 2.29. The van der Waals surface area contributed by atoms with E-state index in [1.807, 2.05) is 30.3 Å². The molecule has 1 unspecified atom stereocenters. The van der Waals surface area contributed by atoms with Crippen LogP contribution in [-0.4, -0.2) is 28.2 Å². The third-order valence-corrected chi connectivity index (χ3v) is 4.40. The van der Waals surface area contributed by atoms with Crippen molar-refractivity contribution in [1.82, 2.24) is 15.2 Å². The number of fused-ring (bicyclic) bond motifs is 1. The Morgan fingerprint density at radius 2 is 2.04 bits per heavy atom. The summed E-state index contributed by atoms with van der Waals surface area (Å²) in [6, 6.07) is 10.5. The molecule has 2 aromatic rings. The highest BCUT2D eigenvalue weighted by atomic mass is 16.2. The van der Waals surface area contributed by atoms with Gasteiger partial charge in [0.2, 0.25) is 5.91 Å². The molecule has 1 aromatic heterocycles. The average Bonchev–Trinajstić information content (AvgIpc) is 2.88. The molecule has 0 radical (unpaired) electrons. The van der Waals surface area contributed by atoms with Gasteiger partial charge in [-0.05, 0) is 35.6 Å². The molecule has 1 N–H and O–H groups in total. The zero-order valence-electron chi connectivity index (χ0n) is 14.6. The van der Waals surface area contributed by atoms with E-state index in [4.69, 9.17) is 0 Å². The van der Waals surface area contributed by atoms with Crippen LogP contribution in [0.15, 0.2) is 48.8 Å². The lowest BCUT2D eigenvalue weighted by Gasteiger charge is -2.24. The standard InChI is InChI=1S/C20H23N3O2/c1-14(2)9-11-22-19(24)18-16-7-3-4-8-17(16)20(25)23(18)13-15-6-5-10-21-12-15/h3-8,10,12,14,18H,9,11,13H2,1-2H3,(H,22,24). The molecule has 5 heteroatoms. The minimum atomic E-state index is -0.587. The topological polar surface area (TPSA) is 62.3 Å². The van der Waals surface area contributed by atoms with Gasteiger partial charge in [-0.25, -0.2) is 0 Å². The van der Waals surface area contributed by atoms with Gasteiger partial charge < -0.3 is 10.2 Å². The number of carbonyl (C=O) groups excluding carboxylic acids is 2. The lowest BCUT2D eigenvalue weighted by Crippen LogP contribution is -2.39. The maximum Gasteiger partial charge on any atom is 0.255 e. The zero-order chi connectivity index (χ0) is 17.8. The number of nitrogens with zero attached hydrogens (tertiary/aromatic N) is 2. The number of rotatable bonds is 6. The second-order valence-electron chi connectivity index (χ2n) is 6.76. The quantitative estimate of drug-likeness (QED) is 0.881. The Balaban J connectivity index is 1.84. The van der Waals surface area contributed by atoms with E-state index < -0.39 is 6.04 Å². The molecule has 2 heterocycles. The lowest BCUT2D eigenvalue weighted by molar-refractivity contribution is -0.125. The predicted octanol–water partition coefficient (Wildman–Crippen LogP) is 2.94. The minimum Gasteiger partial charge on any atom is -0.354 e. The van der Waals surface area contributed by atoms with Crippen LogP contribution >= 0.6 is 0 Å². The molecule has 0 fully saturated rings. The summed E-state index contributed by atoms with van der Waals surface area (Å²) in [6.07, 6.45) is 4.33. The maximum atomic E-state index is 12.8. The second-order valence-corrected chi connectivity index (χ2v) is 6.76. The Kier molecular flexibility index (Phi) is 5.12. The van der Waals surface area contributed by atoms with E-state index in [0.29, 0.717) is 24.6 Å². The van der Waals surface area contributed by atoms with Crippen LogP contribution in [0.1, 0.15) is 47.8 Å². The van der Waals surface area contributed by atoms with Crippen molar-refractivity contribution in [3.05, 3.63) is 65.5 Å². The molecule has 5 nitrogen and oxygen atoms in total. The summed E-state index contributed by atoms with van der Waals surface area (Å²) >= 11 is 0. The fourth-order valence-electron chi connectivity index (χ4n) is 3.09. The summed E-state index contributed by atoms with van der Waals surface area (Å²) in [5.74, 6) is 0.288. The number of benzene rings is 1. The molecule has 0 saturated heterocycles. The van der Waals surface area contributed by atoms with E-state index in [9.17, 15) is 9.59 Å². The van der Waals surface area contributed by atoms with Crippen molar-refractivity contribution in [2.75, 3.05) is 6.54 Å².